The van der Waals surface area contributed by atoms with Gasteiger partial charge in [0.05, 0.1) is 49.8 Å². The van der Waals surface area contributed by atoms with Crippen molar-refractivity contribution in [2.75, 3.05) is 46.7 Å². The van der Waals surface area contributed by atoms with Crippen molar-refractivity contribution in [3.63, 3.8) is 0 Å². The molecular weight excluding hydrogens is 1310 g/mol. The predicted octanol–water partition coefficient (Wildman–Crippen LogP) is 23.5. The number of ether oxygens (including phenoxy) is 9. The Hall–Kier alpha value is -7.34. The van der Waals surface area contributed by atoms with Gasteiger partial charge in [-0.25, -0.2) is 19.2 Å². The molecule has 0 spiro atoms. The lowest BCUT2D eigenvalue weighted by Crippen LogP contribution is -2.28. The first-order valence-electron chi connectivity index (χ1n) is 39.3. The molecule has 1 saturated heterocycles. The Labute approximate surface area is 638 Å². The smallest absolute Gasteiger partial charge is 0.407 e. The average Bonchev–Trinajstić information content (AvgIpc) is 1.63. The number of allylic oxidation sites excluding steroid dienone is 9. The molecule has 590 valence electrons. The Morgan fingerprint density at radius 2 is 1.05 bits per heavy atom. The minimum absolute atomic E-state index is 0.0222. The molecule has 1 N–H and O–H groups in total. The highest BCUT2D eigenvalue weighted by Crippen LogP contribution is 2.42. The van der Waals surface area contributed by atoms with Gasteiger partial charge in [0, 0.05) is 25.3 Å². The Balaban J connectivity index is 0.00000129. The van der Waals surface area contributed by atoms with E-state index in [4.69, 9.17) is 49.1 Å². The number of esters is 3. The summed E-state index contributed by atoms with van der Waals surface area (Å²) in [6.07, 6.45) is 43.4. The lowest BCUT2D eigenvalue weighted by Gasteiger charge is -2.23. The van der Waals surface area contributed by atoms with Gasteiger partial charge in [0.2, 0.25) is 0 Å². The number of terminal acetylenes is 1. The van der Waals surface area contributed by atoms with Crippen LogP contribution in [-0.4, -0.2) is 94.1 Å². The number of nitrogens with one attached hydrogen (secondary N) is 1. The first-order chi connectivity index (χ1) is 49.9. The molecule has 105 heavy (non-hydrogen) atoms. The molecule has 3 aromatic carbocycles. The number of methoxy groups -OCH3 is 1. The lowest BCUT2D eigenvalue weighted by molar-refractivity contribution is -0.141. The van der Waals surface area contributed by atoms with Crippen molar-refractivity contribution in [2.24, 2.45) is 35.5 Å². The maximum absolute atomic E-state index is 11.5. The van der Waals surface area contributed by atoms with E-state index < -0.39 is 6.09 Å². The van der Waals surface area contributed by atoms with Crippen molar-refractivity contribution >= 4 is 24.0 Å². The van der Waals surface area contributed by atoms with Crippen LogP contribution in [0.15, 0.2) is 150 Å². The topological polar surface area (TPSA) is 167 Å². The van der Waals surface area contributed by atoms with Gasteiger partial charge in [-0.2, -0.15) is 0 Å². The number of hydrogen-bond donors (Lipinski definition) is 1. The van der Waals surface area contributed by atoms with E-state index in [1.54, 1.807) is 26.2 Å². The summed E-state index contributed by atoms with van der Waals surface area (Å²) >= 11 is 0. The van der Waals surface area contributed by atoms with Crippen LogP contribution in [-0.2, 0) is 49.2 Å². The molecule has 6 atom stereocenters. The van der Waals surface area contributed by atoms with Gasteiger partial charge in [-0.05, 0) is 233 Å². The fourth-order valence-electron chi connectivity index (χ4n) is 10.6. The molecule has 0 aromatic heterocycles. The van der Waals surface area contributed by atoms with Crippen molar-refractivity contribution in [3.8, 4) is 35.3 Å². The number of alkyl carbamates (subject to hydrolysis) is 1. The van der Waals surface area contributed by atoms with E-state index in [0.29, 0.717) is 56.0 Å². The third-order valence-corrected chi connectivity index (χ3v) is 17.7. The third kappa shape index (κ3) is 55.7. The number of benzene rings is 3. The molecule has 4 rings (SSSR count). The summed E-state index contributed by atoms with van der Waals surface area (Å²) in [6.45, 7) is 44.5. The second kappa shape index (κ2) is 59.8. The number of aryl methyl sites for hydroxylation is 1. The second-order valence-corrected chi connectivity index (χ2v) is 29.6. The van der Waals surface area contributed by atoms with Crippen LogP contribution >= 0.6 is 0 Å². The summed E-state index contributed by atoms with van der Waals surface area (Å²) in [5, 5.41) is 2.59. The van der Waals surface area contributed by atoms with Gasteiger partial charge in [-0.3, -0.25) is 0 Å². The molecule has 14 nitrogen and oxygen atoms in total. The molecule has 14 heteroatoms. The van der Waals surface area contributed by atoms with E-state index in [1.165, 1.54) is 82.3 Å². The van der Waals surface area contributed by atoms with Crippen LogP contribution in [0.5, 0.6) is 23.0 Å². The molecule has 0 aliphatic carbocycles. The lowest BCUT2D eigenvalue weighted by atomic mass is 9.93. The highest BCUT2D eigenvalue weighted by Gasteiger charge is 2.49. The van der Waals surface area contributed by atoms with Gasteiger partial charge in [0.15, 0.2) is 6.61 Å². The number of carbonyl (C=O) groups excluding carboxylic acids is 4. The average molecular weight is 1460 g/mol. The quantitative estimate of drug-likeness (QED) is 0.0108. The fraction of sp³-hybridized carbons (Fsp3) is 0.604. The van der Waals surface area contributed by atoms with Crippen molar-refractivity contribution in [1.29, 1.82) is 0 Å². The minimum Gasteiger partial charge on any atom is -0.494 e. The SMILES string of the molecule is C#CCOC(=O)/C=C(C)/C=C/CC(C)CCCC(C)C.CCOC(=O)/C=C(C)/C=C/CC(C)CCCC(C)C.CCOC(=O)NCCOc1ccc(Oc2ccccc2)cc1.CCc1ccc(OCCC(CC)CCC2OC2(C)CC)cc1.COC(C)(C)CCCC(C)C/C=C/C(C)=C/C(=O)OC(C)C. The highest BCUT2D eigenvalue weighted by molar-refractivity contribution is 5.84. The first-order valence-corrected chi connectivity index (χ1v) is 39.3. The molecule has 1 heterocycles. The zero-order chi connectivity index (χ0) is 78.9. The maximum atomic E-state index is 11.5. The van der Waals surface area contributed by atoms with Gasteiger partial charge in [-0.1, -0.05) is 200 Å². The van der Waals surface area contributed by atoms with E-state index in [-0.39, 0.29) is 41.8 Å². The van der Waals surface area contributed by atoms with Gasteiger partial charge in [0.1, 0.15) is 29.6 Å². The fourth-order valence-corrected chi connectivity index (χ4v) is 10.6. The maximum Gasteiger partial charge on any atom is 0.407 e. The molecule has 1 amide bonds. The Bertz CT molecular complexity index is 2980. The predicted molar refractivity (Wildman–Crippen MR) is 436 cm³/mol. The van der Waals surface area contributed by atoms with Crippen molar-refractivity contribution in [1.82, 2.24) is 5.32 Å². The van der Waals surface area contributed by atoms with Gasteiger partial charge >= 0.3 is 24.0 Å². The van der Waals surface area contributed by atoms with Crippen LogP contribution < -0.4 is 19.5 Å². The monoisotopic (exact) mass is 1460 g/mol. The van der Waals surface area contributed by atoms with E-state index in [0.717, 1.165) is 103 Å². The summed E-state index contributed by atoms with van der Waals surface area (Å²) in [6, 6.07) is 25.4. The van der Waals surface area contributed by atoms with Gasteiger partial charge in [0.25, 0.3) is 0 Å². The Kier molecular flexibility index (Phi) is 55.6. The molecule has 0 radical (unpaired) electrons. The molecule has 0 saturated carbocycles. The van der Waals surface area contributed by atoms with Crippen LogP contribution in [0.2, 0.25) is 0 Å². The second-order valence-electron chi connectivity index (χ2n) is 29.6. The minimum atomic E-state index is -0.433. The van der Waals surface area contributed by atoms with E-state index in [2.05, 4.69) is 144 Å². The van der Waals surface area contributed by atoms with Gasteiger partial charge < -0.3 is 47.9 Å². The molecule has 1 aliphatic rings. The molecule has 1 aliphatic heterocycles. The Morgan fingerprint density at radius 1 is 0.581 bits per heavy atom. The van der Waals surface area contributed by atoms with Crippen LogP contribution in [0.3, 0.4) is 0 Å². The molecule has 3 aromatic rings. The molecule has 1 fully saturated rings. The number of epoxide rings is 1. The zero-order valence-corrected chi connectivity index (χ0v) is 69.2. The number of hydrogen-bond acceptors (Lipinski definition) is 13. The van der Waals surface area contributed by atoms with Crippen LogP contribution in [0, 0.1) is 47.9 Å². The normalized spacial score (nSPS) is 15.5. The number of amides is 1. The summed E-state index contributed by atoms with van der Waals surface area (Å²) in [4.78, 5) is 45.1. The third-order valence-electron chi connectivity index (χ3n) is 17.7. The Morgan fingerprint density at radius 3 is 1.50 bits per heavy atom. The first kappa shape index (κ1) is 97.7. The number of rotatable bonds is 45. The van der Waals surface area contributed by atoms with E-state index in [9.17, 15) is 19.2 Å². The molecular formula is C91H143NO13. The highest BCUT2D eigenvalue weighted by atomic mass is 16.6. The molecule has 6 unspecified atom stereocenters. The summed E-state index contributed by atoms with van der Waals surface area (Å²) < 4.78 is 47.8. The largest absolute Gasteiger partial charge is 0.494 e. The van der Waals surface area contributed by atoms with Crippen molar-refractivity contribution < 1.29 is 61.8 Å². The standard InChI is InChI=1S/C20H32O2.C19H34O3.C18H28O2.C17H19NO4.C17H30O2/c1-5-16-8-11-18(12-9-16)21-15-14-17(6-2)10-13-19-20(4,7-3)22-19;1-15(2)22-18(20)14-17(4)11-8-10-16(3)12-9-13-19(5,6)21-7;1-6-13-20-18(19)14-17(5)12-8-11-16(4)10-7-9-15(2)3;1-2-20-17(19)18-12-13-21-14-8-10-16(11-9-14)22-15-6-4-3-5-7-15;1-6-19-17(18)13-16(5)12-8-11-15(4)10-7-9-14(2)3/h8-9,11-12,17,19H,5-7,10,13-15H2,1-4H3;8,11,14-16H,9-10,12-13H2,1-7H3;1,8,12,14-16H,7,9-11,13H2,2-5H3;3-11H,2,12-13H2,1H3,(H,18,19);8,12-15H,6-7,9-11H2,1-5H3/b;11-8+,17-14+;12-8+,17-14+;;12-8+,16-13+. The zero-order valence-electron chi connectivity index (χ0n) is 69.2. The summed E-state index contributed by atoms with van der Waals surface area (Å²) in [5.74, 6) is 8.98. The van der Waals surface area contributed by atoms with Crippen LogP contribution in [0.4, 0.5) is 4.79 Å². The van der Waals surface area contributed by atoms with E-state index in [1.807, 2.05) is 114 Å². The van der Waals surface area contributed by atoms with Crippen LogP contribution in [0.1, 0.15) is 253 Å². The van der Waals surface area contributed by atoms with Crippen LogP contribution in [0.25, 0.3) is 0 Å². The van der Waals surface area contributed by atoms with Crippen molar-refractivity contribution in [3.05, 3.63) is 156 Å². The van der Waals surface area contributed by atoms with Crippen molar-refractivity contribution in [2.45, 2.75) is 277 Å². The summed E-state index contributed by atoms with van der Waals surface area (Å²) in [7, 11) is 1.77. The van der Waals surface area contributed by atoms with E-state index >= 15 is 0 Å². The number of carbonyl (C=O) groups is 4. The van der Waals surface area contributed by atoms with Gasteiger partial charge in [-0.15, -0.1) is 6.42 Å². The summed E-state index contributed by atoms with van der Waals surface area (Å²) in [5.41, 5.74) is 4.29. The number of para-hydroxylation sites is 1. The molecule has 0 bridgehead atoms.